The Bertz CT molecular complexity index is 916. The Hall–Kier alpha value is -3.09. The van der Waals surface area contributed by atoms with Crippen molar-refractivity contribution in [3.05, 3.63) is 53.3 Å². The Morgan fingerprint density at radius 1 is 1.14 bits per heavy atom. The number of pyridine rings is 1. The van der Waals surface area contributed by atoms with Crippen LogP contribution in [-0.2, 0) is 29.1 Å². The second-order valence-electron chi connectivity index (χ2n) is 7.52. The Kier molecular flexibility index (Phi) is 5.38. The summed E-state index contributed by atoms with van der Waals surface area (Å²) in [5.74, 6) is 1.17. The molecular formula is C22H25N3O4. The summed E-state index contributed by atoms with van der Waals surface area (Å²) < 4.78 is 10.8. The van der Waals surface area contributed by atoms with E-state index < -0.39 is 0 Å². The molecule has 2 aliphatic rings. The lowest BCUT2D eigenvalue weighted by molar-refractivity contribution is -0.136. The molecule has 4 rings (SSSR count). The molecule has 0 bridgehead atoms. The van der Waals surface area contributed by atoms with Gasteiger partial charge in [0.2, 0.25) is 11.8 Å². The number of carbonyl (C=O) groups excluding carboxylic acids is 2. The van der Waals surface area contributed by atoms with Crippen LogP contribution in [-0.4, -0.2) is 53.9 Å². The van der Waals surface area contributed by atoms with Crippen molar-refractivity contribution >= 4 is 11.8 Å². The zero-order valence-corrected chi connectivity index (χ0v) is 16.8. The van der Waals surface area contributed by atoms with E-state index in [4.69, 9.17) is 9.47 Å². The summed E-state index contributed by atoms with van der Waals surface area (Å²) in [7, 11) is 3.23. The number of hydrogen-bond acceptors (Lipinski definition) is 5. The van der Waals surface area contributed by atoms with Gasteiger partial charge in [0.05, 0.1) is 20.1 Å². The van der Waals surface area contributed by atoms with Crippen molar-refractivity contribution in [1.29, 1.82) is 0 Å². The van der Waals surface area contributed by atoms with Gasteiger partial charge in [-0.05, 0) is 47.4 Å². The van der Waals surface area contributed by atoms with E-state index in [0.717, 1.165) is 17.5 Å². The molecule has 3 heterocycles. The maximum atomic E-state index is 13.1. The molecule has 2 amide bonds. The molecule has 1 saturated heterocycles. The highest BCUT2D eigenvalue weighted by atomic mass is 16.5. The number of hydrogen-bond donors (Lipinski definition) is 0. The molecule has 1 aromatic heterocycles. The van der Waals surface area contributed by atoms with Gasteiger partial charge in [-0.15, -0.1) is 0 Å². The maximum Gasteiger partial charge on any atom is 0.228 e. The van der Waals surface area contributed by atoms with E-state index in [2.05, 4.69) is 4.98 Å². The van der Waals surface area contributed by atoms with E-state index in [1.54, 1.807) is 31.5 Å². The zero-order valence-electron chi connectivity index (χ0n) is 16.8. The highest BCUT2D eigenvalue weighted by Crippen LogP contribution is 2.34. The minimum atomic E-state index is -0.286. The van der Waals surface area contributed by atoms with Crippen LogP contribution >= 0.6 is 0 Å². The third-order valence-corrected chi connectivity index (χ3v) is 5.72. The van der Waals surface area contributed by atoms with Gasteiger partial charge >= 0.3 is 0 Å². The third-order valence-electron chi connectivity index (χ3n) is 5.72. The minimum absolute atomic E-state index is 0.0315. The van der Waals surface area contributed by atoms with Crippen molar-refractivity contribution in [2.45, 2.75) is 25.9 Å². The molecule has 1 atom stereocenters. The second-order valence-corrected chi connectivity index (χ2v) is 7.52. The van der Waals surface area contributed by atoms with Crippen LogP contribution in [0.2, 0.25) is 0 Å². The van der Waals surface area contributed by atoms with Crippen molar-refractivity contribution in [3.63, 3.8) is 0 Å². The van der Waals surface area contributed by atoms with Crippen LogP contribution in [0.4, 0.5) is 0 Å². The highest BCUT2D eigenvalue weighted by molar-refractivity contribution is 5.89. The van der Waals surface area contributed by atoms with E-state index in [-0.39, 0.29) is 24.2 Å². The van der Waals surface area contributed by atoms with Gasteiger partial charge in [0.1, 0.15) is 0 Å². The number of benzene rings is 1. The van der Waals surface area contributed by atoms with E-state index in [9.17, 15) is 9.59 Å². The normalized spacial score (nSPS) is 18.6. The molecule has 0 radical (unpaired) electrons. The summed E-state index contributed by atoms with van der Waals surface area (Å²) >= 11 is 0. The van der Waals surface area contributed by atoms with Gasteiger partial charge in [0.25, 0.3) is 0 Å². The fourth-order valence-corrected chi connectivity index (χ4v) is 4.13. The molecule has 1 aromatic carbocycles. The fraction of sp³-hybridized carbons (Fsp3) is 0.409. The fourth-order valence-electron chi connectivity index (χ4n) is 4.13. The molecule has 7 heteroatoms. The summed E-state index contributed by atoms with van der Waals surface area (Å²) in [5, 5.41) is 0. The average Bonchev–Trinajstić information content (AvgIpc) is 3.12. The van der Waals surface area contributed by atoms with Crippen LogP contribution < -0.4 is 9.47 Å². The number of aromatic nitrogens is 1. The van der Waals surface area contributed by atoms with Gasteiger partial charge in [0.15, 0.2) is 11.5 Å². The number of amides is 2. The van der Waals surface area contributed by atoms with Crippen molar-refractivity contribution in [2.24, 2.45) is 5.92 Å². The number of carbonyl (C=O) groups is 2. The van der Waals surface area contributed by atoms with Crippen molar-refractivity contribution in [2.75, 3.05) is 27.3 Å². The molecule has 0 saturated carbocycles. The molecule has 29 heavy (non-hydrogen) atoms. The Balaban J connectivity index is 1.43. The molecular weight excluding hydrogens is 370 g/mol. The van der Waals surface area contributed by atoms with E-state index in [1.165, 1.54) is 5.56 Å². The predicted molar refractivity (Wildman–Crippen MR) is 106 cm³/mol. The summed E-state index contributed by atoms with van der Waals surface area (Å²) in [6, 6.07) is 7.73. The Labute approximate surface area is 170 Å². The summed E-state index contributed by atoms with van der Waals surface area (Å²) in [4.78, 5) is 33.2. The molecule has 1 unspecified atom stereocenters. The summed E-state index contributed by atoms with van der Waals surface area (Å²) in [6.45, 7) is 2.17. The van der Waals surface area contributed by atoms with Gasteiger partial charge in [-0.1, -0.05) is 0 Å². The monoisotopic (exact) mass is 395 g/mol. The maximum absolute atomic E-state index is 13.1. The molecule has 0 N–H and O–H groups in total. The van der Waals surface area contributed by atoms with E-state index in [0.29, 0.717) is 37.7 Å². The van der Waals surface area contributed by atoms with Crippen LogP contribution in [0.1, 0.15) is 23.1 Å². The average molecular weight is 395 g/mol. The predicted octanol–water partition coefficient (Wildman–Crippen LogP) is 2.03. The molecule has 152 valence electrons. The van der Waals surface area contributed by atoms with Gasteiger partial charge in [0, 0.05) is 45.0 Å². The molecule has 0 spiro atoms. The molecule has 1 fully saturated rings. The number of likely N-dealkylation sites (tertiary alicyclic amines) is 1. The Morgan fingerprint density at radius 3 is 2.52 bits per heavy atom. The van der Waals surface area contributed by atoms with E-state index >= 15 is 0 Å². The van der Waals surface area contributed by atoms with Crippen LogP contribution in [0.25, 0.3) is 0 Å². The topological polar surface area (TPSA) is 72.0 Å². The standard InChI is InChI=1S/C22H25N3O4/c1-28-19-9-16-5-8-24(13-17(16)10-20(19)29-2)22(27)18-11-21(26)25(14-18)12-15-3-6-23-7-4-15/h3-4,6-7,9-10,18H,5,8,11-14H2,1-2H3. The SMILES string of the molecule is COc1cc2c(cc1OC)CN(C(=O)C1CC(=O)N(Cc3ccncc3)C1)CC2. The first kappa shape index (κ1) is 19.2. The highest BCUT2D eigenvalue weighted by Gasteiger charge is 2.37. The number of methoxy groups -OCH3 is 2. The lowest BCUT2D eigenvalue weighted by Gasteiger charge is -2.31. The number of rotatable bonds is 5. The smallest absolute Gasteiger partial charge is 0.228 e. The third kappa shape index (κ3) is 3.90. The van der Waals surface area contributed by atoms with Crippen LogP contribution in [0.15, 0.2) is 36.7 Å². The van der Waals surface area contributed by atoms with Gasteiger partial charge in [-0.3, -0.25) is 14.6 Å². The van der Waals surface area contributed by atoms with Crippen LogP contribution in [0, 0.1) is 5.92 Å². The van der Waals surface area contributed by atoms with Crippen molar-refractivity contribution < 1.29 is 19.1 Å². The second kappa shape index (κ2) is 8.11. The molecule has 2 aliphatic heterocycles. The quantitative estimate of drug-likeness (QED) is 0.775. The van der Waals surface area contributed by atoms with Gasteiger partial charge in [-0.2, -0.15) is 0 Å². The number of fused-ring (bicyclic) bond motifs is 1. The Morgan fingerprint density at radius 2 is 1.83 bits per heavy atom. The zero-order chi connectivity index (χ0) is 20.4. The van der Waals surface area contributed by atoms with Crippen molar-refractivity contribution in [1.82, 2.24) is 14.8 Å². The summed E-state index contributed by atoms with van der Waals surface area (Å²) in [6.07, 6.45) is 4.47. The lowest BCUT2D eigenvalue weighted by atomic mass is 9.97. The van der Waals surface area contributed by atoms with Gasteiger partial charge in [-0.25, -0.2) is 0 Å². The first-order chi connectivity index (χ1) is 14.1. The summed E-state index contributed by atoms with van der Waals surface area (Å²) in [5.41, 5.74) is 3.27. The largest absolute Gasteiger partial charge is 0.493 e. The van der Waals surface area contributed by atoms with Crippen LogP contribution in [0.5, 0.6) is 11.5 Å². The lowest BCUT2D eigenvalue weighted by Crippen LogP contribution is -2.40. The minimum Gasteiger partial charge on any atom is -0.493 e. The molecule has 7 nitrogen and oxygen atoms in total. The molecule has 0 aliphatic carbocycles. The van der Waals surface area contributed by atoms with E-state index in [1.807, 2.05) is 29.2 Å². The molecule has 2 aromatic rings. The number of ether oxygens (including phenoxy) is 2. The van der Waals surface area contributed by atoms with Crippen molar-refractivity contribution in [3.8, 4) is 11.5 Å². The van der Waals surface area contributed by atoms with Gasteiger partial charge < -0.3 is 19.3 Å². The number of nitrogens with zero attached hydrogens (tertiary/aromatic N) is 3. The first-order valence-electron chi connectivity index (χ1n) is 9.78. The van der Waals surface area contributed by atoms with Crippen LogP contribution in [0.3, 0.4) is 0 Å². The first-order valence-corrected chi connectivity index (χ1v) is 9.78.